The normalized spacial score (nSPS) is 10.7. The van der Waals surface area contributed by atoms with Crippen molar-refractivity contribution in [3.63, 3.8) is 0 Å². The van der Waals surface area contributed by atoms with Gasteiger partial charge in [-0.05, 0) is 35.9 Å². The maximum Gasteiger partial charge on any atom is 0.125 e. The Labute approximate surface area is 132 Å². The van der Waals surface area contributed by atoms with E-state index >= 15 is 0 Å². The summed E-state index contributed by atoms with van der Waals surface area (Å²) in [6, 6.07) is 15.3. The second kappa shape index (κ2) is 5.77. The number of hydrogen-bond acceptors (Lipinski definition) is 2. The van der Waals surface area contributed by atoms with Gasteiger partial charge in [0.05, 0.1) is 28.5 Å². The van der Waals surface area contributed by atoms with Crippen LogP contribution in [0.5, 0.6) is 0 Å². The number of halogens is 2. The Bertz CT molecular complexity index is 846. The van der Waals surface area contributed by atoms with Crippen LogP contribution in [0.1, 0.15) is 17.0 Å². The highest BCUT2D eigenvalue weighted by Crippen LogP contribution is 2.22. The topological polar surface area (TPSA) is 41.6 Å². The summed E-state index contributed by atoms with van der Waals surface area (Å²) in [4.78, 5) is 4.51. The molecule has 0 aliphatic carbocycles. The van der Waals surface area contributed by atoms with Gasteiger partial charge in [-0.1, -0.05) is 23.7 Å². The van der Waals surface area contributed by atoms with Crippen LogP contribution in [0, 0.1) is 11.3 Å². The van der Waals surface area contributed by atoms with E-state index in [-0.39, 0.29) is 0 Å². The van der Waals surface area contributed by atoms with Crippen molar-refractivity contribution in [1.29, 1.82) is 5.26 Å². The van der Waals surface area contributed by atoms with Crippen LogP contribution in [0.25, 0.3) is 11.0 Å². The SMILES string of the molecule is N#Cc1cccc(Cn2c(CCl)nc3cc(Cl)ccc32)c1. The number of benzene rings is 2. The predicted molar refractivity (Wildman–Crippen MR) is 84.6 cm³/mol. The lowest BCUT2D eigenvalue weighted by molar-refractivity contribution is 0.778. The third-order valence-corrected chi connectivity index (χ3v) is 3.78. The van der Waals surface area contributed by atoms with Crippen LogP contribution in [0.2, 0.25) is 5.02 Å². The van der Waals surface area contributed by atoms with Crippen molar-refractivity contribution in [3.8, 4) is 6.07 Å². The number of nitriles is 1. The summed E-state index contributed by atoms with van der Waals surface area (Å²) in [5, 5.41) is 9.64. The number of nitrogens with zero attached hydrogens (tertiary/aromatic N) is 3. The lowest BCUT2D eigenvalue weighted by atomic mass is 10.1. The van der Waals surface area contributed by atoms with Gasteiger partial charge in [0.25, 0.3) is 0 Å². The molecule has 0 saturated heterocycles. The summed E-state index contributed by atoms with van der Waals surface area (Å²) in [5.74, 6) is 1.11. The zero-order valence-corrected chi connectivity index (χ0v) is 12.6. The third-order valence-electron chi connectivity index (χ3n) is 3.31. The Morgan fingerprint density at radius 1 is 1.19 bits per heavy atom. The fourth-order valence-corrected chi connectivity index (χ4v) is 2.72. The molecule has 0 saturated carbocycles. The Hall–Kier alpha value is -2.02. The Morgan fingerprint density at radius 3 is 2.81 bits per heavy atom. The Morgan fingerprint density at radius 2 is 2.05 bits per heavy atom. The number of imidazole rings is 1. The molecule has 3 aromatic rings. The fourth-order valence-electron chi connectivity index (χ4n) is 2.35. The molecule has 21 heavy (non-hydrogen) atoms. The minimum Gasteiger partial charge on any atom is -0.322 e. The third kappa shape index (κ3) is 2.73. The van der Waals surface area contributed by atoms with Gasteiger partial charge in [-0.3, -0.25) is 0 Å². The fraction of sp³-hybridized carbons (Fsp3) is 0.125. The van der Waals surface area contributed by atoms with E-state index in [0.717, 1.165) is 22.4 Å². The minimum atomic E-state index is 0.324. The Kier molecular flexibility index (Phi) is 3.83. The van der Waals surface area contributed by atoms with Crippen LogP contribution >= 0.6 is 23.2 Å². The summed E-state index contributed by atoms with van der Waals surface area (Å²) in [5.41, 5.74) is 3.49. The molecule has 3 nitrogen and oxygen atoms in total. The van der Waals surface area contributed by atoms with Gasteiger partial charge in [0.2, 0.25) is 0 Å². The number of hydrogen-bond donors (Lipinski definition) is 0. The molecular formula is C16H11Cl2N3. The van der Waals surface area contributed by atoms with Crippen molar-refractivity contribution in [2.75, 3.05) is 0 Å². The standard InChI is InChI=1S/C16H11Cl2N3/c17-8-16-20-14-7-13(18)4-5-15(14)21(16)10-12-3-1-2-11(6-12)9-19/h1-7H,8,10H2. The number of rotatable bonds is 3. The molecule has 0 aliphatic rings. The van der Waals surface area contributed by atoms with Gasteiger partial charge in [0.15, 0.2) is 0 Å². The van der Waals surface area contributed by atoms with E-state index in [9.17, 15) is 0 Å². The molecule has 0 amide bonds. The van der Waals surface area contributed by atoms with Gasteiger partial charge in [0.1, 0.15) is 5.82 Å². The molecular weight excluding hydrogens is 305 g/mol. The van der Waals surface area contributed by atoms with Crippen molar-refractivity contribution >= 4 is 34.2 Å². The van der Waals surface area contributed by atoms with Crippen molar-refractivity contribution in [1.82, 2.24) is 9.55 Å². The average molecular weight is 316 g/mol. The van der Waals surface area contributed by atoms with Crippen LogP contribution in [-0.4, -0.2) is 9.55 Å². The van der Waals surface area contributed by atoms with Gasteiger partial charge in [-0.25, -0.2) is 4.98 Å². The summed E-state index contributed by atoms with van der Waals surface area (Å²) < 4.78 is 2.05. The van der Waals surface area contributed by atoms with Crippen molar-refractivity contribution in [2.24, 2.45) is 0 Å². The average Bonchev–Trinajstić information content (AvgIpc) is 2.84. The molecule has 1 heterocycles. The second-order valence-corrected chi connectivity index (χ2v) is 5.40. The molecule has 3 rings (SSSR count). The first-order valence-electron chi connectivity index (χ1n) is 6.41. The predicted octanol–water partition coefficient (Wildman–Crippen LogP) is 4.35. The summed E-state index contributed by atoms with van der Waals surface area (Å²) in [6.45, 7) is 0.621. The molecule has 0 radical (unpaired) electrons. The van der Waals surface area contributed by atoms with Crippen LogP contribution in [0.15, 0.2) is 42.5 Å². The number of alkyl halides is 1. The number of aromatic nitrogens is 2. The van der Waals surface area contributed by atoms with Crippen molar-refractivity contribution < 1.29 is 0 Å². The lowest BCUT2D eigenvalue weighted by Crippen LogP contribution is -2.04. The van der Waals surface area contributed by atoms with Gasteiger partial charge >= 0.3 is 0 Å². The maximum absolute atomic E-state index is 8.99. The molecule has 0 N–H and O–H groups in total. The van der Waals surface area contributed by atoms with Gasteiger partial charge in [-0.2, -0.15) is 5.26 Å². The van der Waals surface area contributed by atoms with E-state index < -0.39 is 0 Å². The van der Waals surface area contributed by atoms with Gasteiger partial charge < -0.3 is 4.57 Å². The second-order valence-electron chi connectivity index (χ2n) is 4.69. The summed E-state index contributed by atoms with van der Waals surface area (Å²) in [6.07, 6.45) is 0. The molecule has 1 aromatic heterocycles. The minimum absolute atomic E-state index is 0.324. The van der Waals surface area contributed by atoms with E-state index in [1.807, 2.05) is 36.4 Å². The van der Waals surface area contributed by atoms with E-state index in [1.54, 1.807) is 6.07 Å². The molecule has 2 aromatic carbocycles. The Balaban J connectivity index is 2.08. The highest BCUT2D eigenvalue weighted by atomic mass is 35.5. The van der Waals surface area contributed by atoms with Crippen molar-refractivity contribution in [2.45, 2.75) is 12.4 Å². The smallest absolute Gasteiger partial charge is 0.125 e. The van der Waals surface area contributed by atoms with Crippen molar-refractivity contribution in [3.05, 3.63) is 64.4 Å². The van der Waals surface area contributed by atoms with Crippen LogP contribution in [0.4, 0.5) is 0 Å². The monoisotopic (exact) mass is 315 g/mol. The van der Waals surface area contributed by atoms with E-state index in [1.165, 1.54) is 0 Å². The largest absolute Gasteiger partial charge is 0.322 e. The highest BCUT2D eigenvalue weighted by molar-refractivity contribution is 6.31. The van der Waals surface area contributed by atoms with E-state index in [2.05, 4.69) is 15.6 Å². The molecule has 104 valence electrons. The van der Waals surface area contributed by atoms with E-state index in [0.29, 0.717) is 23.0 Å². The van der Waals surface area contributed by atoms with E-state index in [4.69, 9.17) is 28.5 Å². The maximum atomic E-state index is 8.99. The van der Waals surface area contributed by atoms with Gasteiger partial charge in [-0.15, -0.1) is 11.6 Å². The van der Waals surface area contributed by atoms with Crippen LogP contribution < -0.4 is 0 Å². The first-order chi connectivity index (χ1) is 10.2. The quantitative estimate of drug-likeness (QED) is 0.674. The molecule has 0 atom stereocenters. The van der Waals surface area contributed by atoms with Crippen LogP contribution in [-0.2, 0) is 12.4 Å². The molecule has 0 aliphatic heterocycles. The number of fused-ring (bicyclic) bond motifs is 1. The zero-order valence-electron chi connectivity index (χ0n) is 11.1. The lowest BCUT2D eigenvalue weighted by Gasteiger charge is -2.08. The zero-order chi connectivity index (χ0) is 14.8. The van der Waals surface area contributed by atoms with Gasteiger partial charge in [0, 0.05) is 11.6 Å². The molecule has 0 fully saturated rings. The molecule has 5 heteroatoms. The summed E-state index contributed by atoms with van der Waals surface area (Å²) in [7, 11) is 0. The summed E-state index contributed by atoms with van der Waals surface area (Å²) >= 11 is 12.0. The first kappa shape index (κ1) is 13.9. The highest BCUT2D eigenvalue weighted by Gasteiger charge is 2.11. The van der Waals surface area contributed by atoms with Crippen LogP contribution in [0.3, 0.4) is 0 Å². The molecule has 0 bridgehead atoms. The molecule has 0 spiro atoms. The molecule has 0 unspecified atom stereocenters. The first-order valence-corrected chi connectivity index (χ1v) is 7.32.